The molecule has 0 atom stereocenters. The summed E-state index contributed by atoms with van der Waals surface area (Å²) < 4.78 is 5.45. The molecule has 0 spiro atoms. The molecule has 1 N–H and O–H groups in total. The fourth-order valence-corrected chi connectivity index (χ4v) is 2.34. The Morgan fingerprint density at radius 1 is 1.00 bits per heavy atom. The molecular formula is C15H10BrN3O2. The normalized spacial score (nSPS) is 10.3. The first kappa shape index (κ1) is 13.5. The Kier molecular flexibility index (Phi) is 3.79. The second kappa shape index (κ2) is 5.88. The number of aromatic nitrogens is 2. The van der Waals surface area contributed by atoms with Crippen molar-refractivity contribution < 1.29 is 9.42 Å². The molecule has 0 aliphatic carbocycles. The zero-order valence-corrected chi connectivity index (χ0v) is 12.4. The van der Waals surface area contributed by atoms with Crippen molar-refractivity contribution in [2.24, 2.45) is 0 Å². The van der Waals surface area contributed by atoms with Gasteiger partial charge in [-0.1, -0.05) is 42.5 Å². The van der Waals surface area contributed by atoms with Crippen LogP contribution in [0.3, 0.4) is 0 Å². The number of amides is 1. The number of carbonyl (C=O) groups excluding carboxylic acids is 1. The van der Waals surface area contributed by atoms with E-state index in [0.717, 1.165) is 5.56 Å². The number of nitrogens with zero attached hydrogens (tertiary/aromatic N) is 2. The molecule has 0 saturated heterocycles. The average molecular weight is 344 g/mol. The van der Waals surface area contributed by atoms with E-state index in [1.54, 1.807) is 18.2 Å². The molecule has 0 aliphatic rings. The lowest BCUT2D eigenvalue weighted by molar-refractivity contribution is 0.102. The van der Waals surface area contributed by atoms with Gasteiger partial charge in [-0.25, -0.2) is 4.63 Å². The van der Waals surface area contributed by atoms with Crippen LogP contribution < -0.4 is 5.32 Å². The lowest BCUT2D eigenvalue weighted by atomic mass is 10.1. The SMILES string of the molecule is O=C(Nc1nonc1-c1ccccc1)c1ccccc1Br. The lowest BCUT2D eigenvalue weighted by Crippen LogP contribution is -2.13. The molecule has 0 unspecified atom stereocenters. The first-order valence-electron chi connectivity index (χ1n) is 6.19. The highest BCUT2D eigenvalue weighted by Gasteiger charge is 2.17. The van der Waals surface area contributed by atoms with Crippen molar-refractivity contribution in [1.29, 1.82) is 0 Å². The molecule has 5 nitrogen and oxygen atoms in total. The maximum atomic E-state index is 12.3. The number of halogens is 1. The minimum atomic E-state index is -0.282. The monoisotopic (exact) mass is 343 g/mol. The Labute approximate surface area is 129 Å². The Morgan fingerprint density at radius 2 is 1.71 bits per heavy atom. The number of nitrogens with one attached hydrogen (secondary N) is 1. The third kappa shape index (κ3) is 2.85. The summed E-state index contributed by atoms with van der Waals surface area (Å²) >= 11 is 3.34. The molecule has 1 aromatic heterocycles. The van der Waals surface area contributed by atoms with Gasteiger partial charge >= 0.3 is 0 Å². The van der Waals surface area contributed by atoms with Crippen molar-refractivity contribution in [3.05, 3.63) is 64.6 Å². The molecule has 0 aliphatic heterocycles. The summed E-state index contributed by atoms with van der Waals surface area (Å²) in [6.45, 7) is 0. The third-order valence-corrected chi connectivity index (χ3v) is 3.58. The van der Waals surface area contributed by atoms with Crippen LogP contribution in [-0.2, 0) is 0 Å². The molecule has 0 fully saturated rings. The van der Waals surface area contributed by atoms with E-state index in [1.807, 2.05) is 36.4 Å². The van der Waals surface area contributed by atoms with Gasteiger partial charge in [0.1, 0.15) is 0 Å². The zero-order chi connectivity index (χ0) is 14.7. The highest BCUT2D eigenvalue weighted by Crippen LogP contribution is 2.25. The number of hydrogen-bond donors (Lipinski definition) is 1. The lowest BCUT2D eigenvalue weighted by Gasteiger charge is -2.04. The average Bonchev–Trinajstić information content (AvgIpc) is 2.96. The molecule has 3 aromatic rings. The fraction of sp³-hybridized carbons (Fsp3) is 0. The minimum Gasteiger partial charge on any atom is -0.302 e. The van der Waals surface area contributed by atoms with Gasteiger partial charge < -0.3 is 5.32 Å². The predicted molar refractivity (Wildman–Crippen MR) is 81.8 cm³/mol. The van der Waals surface area contributed by atoms with Crippen LogP contribution in [0.15, 0.2) is 63.7 Å². The van der Waals surface area contributed by atoms with E-state index in [0.29, 0.717) is 21.5 Å². The fourth-order valence-electron chi connectivity index (χ4n) is 1.88. The van der Waals surface area contributed by atoms with Crippen LogP contribution >= 0.6 is 15.9 Å². The van der Waals surface area contributed by atoms with E-state index in [9.17, 15) is 4.79 Å². The predicted octanol–water partition coefficient (Wildman–Crippen LogP) is 3.75. The molecule has 104 valence electrons. The zero-order valence-electron chi connectivity index (χ0n) is 10.8. The second-order valence-corrected chi connectivity index (χ2v) is 5.12. The van der Waals surface area contributed by atoms with Gasteiger partial charge in [0.15, 0.2) is 5.69 Å². The Bertz CT molecular complexity index is 771. The van der Waals surface area contributed by atoms with E-state index in [1.165, 1.54) is 0 Å². The number of hydrogen-bond acceptors (Lipinski definition) is 4. The van der Waals surface area contributed by atoms with Gasteiger partial charge in [-0.2, -0.15) is 0 Å². The van der Waals surface area contributed by atoms with Gasteiger partial charge in [-0.15, -0.1) is 0 Å². The van der Waals surface area contributed by atoms with Gasteiger partial charge in [0.2, 0.25) is 5.82 Å². The van der Waals surface area contributed by atoms with E-state index in [-0.39, 0.29) is 5.91 Å². The highest BCUT2D eigenvalue weighted by molar-refractivity contribution is 9.10. The van der Waals surface area contributed by atoms with Crippen LogP contribution in [0.1, 0.15) is 10.4 Å². The Hall–Kier alpha value is -2.47. The molecule has 0 bridgehead atoms. The van der Waals surface area contributed by atoms with Gasteiger partial charge in [0.25, 0.3) is 5.91 Å². The molecule has 0 radical (unpaired) electrons. The Balaban J connectivity index is 1.89. The Morgan fingerprint density at radius 3 is 2.48 bits per heavy atom. The molecule has 3 rings (SSSR count). The van der Waals surface area contributed by atoms with E-state index >= 15 is 0 Å². The van der Waals surface area contributed by atoms with Crippen molar-refractivity contribution >= 4 is 27.7 Å². The smallest absolute Gasteiger partial charge is 0.258 e. The molecule has 2 aromatic carbocycles. The van der Waals surface area contributed by atoms with Crippen molar-refractivity contribution in [3.8, 4) is 11.3 Å². The van der Waals surface area contributed by atoms with Crippen LogP contribution in [0.25, 0.3) is 11.3 Å². The summed E-state index contributed by atoms with van der Waals surface area (Å²) in [5.74, 6) is 0.0114. The molecule has 6 heteroatoms. The molecule has 21 heavy (non-hydrogen) atoms. The van der Waals surface area contributed by atoms with E-state index < -0.39 is 0 Å². The number of anilines is 1. The third-order valence-electron chi connectivity index (χ3n) is 2.89. The van der Waals surface area contributed by atoms with Crippen molar-refractivity contribution in [1.82, 2.24) is 10.3 Å². The summed E-state index contributed by atoms with van der Waals surface area (Å²) in [7, 11) is 0. The summed E-state index contributed by atoms with van der Waals surface area (Å²) in [4.78, 5) is 12.3. The minimum absolute atomic E-state index is 0.282. The standard InChI is InChI=1S/C15H10BrN3O2/c16-12-9-5-4-8-11(12)15(20)17-14-13(18-21-19-14)10-6-2-1-3-7-10/h1-9H,(H,17,19,20). The first-order valence-corrected chi connectivity index (χ1v) is 6.99. The number of benzene rings is 2. The van der Waals surface area contributed by atoms with E-state index in [4.69, 9.17) is 4.63 Å². The van der Waals surface area contributed by atoms with E-state index in [2.05, 4.69) is 31.6 Å². The molecule has 1 heterocycles. The van der Waals surface area contributed by atoms with Crippen molar-refractivity contribution in [3.63, 3.8) is 0 Å². The van der Waals surface area contributed by atoms with Crippen molar-refractivity contribution in [2.45, 2.75) is 0 Å². The molecule has 1 amide bonds. The maximum absolute atomic E-state index is 12.3. The van der Waals surface area contributed by atoms with Gasteiger partial charge in [0.05, 0.1) is 5.56 Å². The van der Waals surface area contributed by atoms with Gasteiger partial charge in [-0.05, 0) is 38.4 Å². The van der Waals surface area contributed by atoms with Crippen LogP contribution in [0.2, 0.25) is 0 Å². The van der Waals surface area contributed by atoms with Crippen LogP contribution in [0, 0.1) is 0 Å². The summed E-state index contributed by atoms with van der Waals surface area (Å²) in [6, 6.07) is 16.5. The summed E-state index contributed by atoms with van der Waals surface area (Å²) in [5.41, 5.74) is 1.83. The molecule has 0 saturated carbocycles. The quantitative estimate of drug-likeness (QED) is 0.786. The van der Waals surface area contributed by atoms with Crippen LogP contribution in [0.4, 0.5) is 5.82 Å². The largest absolute Gasteiger partial charge is 0.302 e. The van der Waals surface area contributed by atoms with Crippen LogP contribution in [-0.4, -0.2) is 16.2 Å². The summed E-state index contributed by atoms with van der Waals surface area (Å²) in [5, 5.41) is 10.3. The van der Waals surface area contributed by atoms with Gasteiger partial charge in [0, 0.05) is 10.0 Å². The topological polar surface area (TPSA) is 68.0 Å². The molecular weight excluding hydrogens is 334 g/mol. The van der Waals surface area contributed by atoms with Crippen LogP contribution in [0.5, 0.6) is 0 Å². The first-order chi connectivity index (χ1) is 10.3. The van der Waals surface area contributed by atoms with Gasteiger partial charge in [-0.3, -0.25) is 4.79 Å². The number of rotatable bonds is 3. The maximum Gasteiger partial charge on any atom is 0.258 e. The summed E-state index contributed by atoms with van der Waals surface area (Å²) in [6.07, 6.45) is 0. The van der Waals surface area contributed by atoms with Crippen molar-refractivity contribution in [2.75, 3.05) is 5.32 Å². The second-order valence-electron chi connectivity index (χ2n) is 4.26. The number of carbonyl (C=O) groups is 1. The highest BCUT2D eigenvalue weighted by atomic mass is 79.9.